The van der Waals surface area contributed by atoms with Crippen LogP contribution < -0.4 is 0 Å². The van der Waals surface area contributed by atoms with Gasteiger partial charge in [-0.3, -0.25) is 19.2 Å². The van der Waals surface area contributed by atoms with E-state index in [0.717, 1.165) is 45.7 Å². The van der Waals surface area contributed by atoms with E-state index in [9.17, 15) is 24.0 Å². The third-order valence-corrected chi connectivity index (χ3v) is 4.13. The molecule has 0 amide bonds. The minimum absolute atomic E-state index is 0.180. The lowest BCUT2D eigenvalue weighted by atomic mass is 9.97. The Hall–Kier alpha value is -3.55. The topological polar surface area (TPSA) is 171 Å². The Balaban J connectivity index is 2.53. The van der Waals surface area contributed by atoms with Gasteiger partial charge in [0.1, 0.15) is 12.7 Å². The summed E-state index contributed by atoms with van der Waals surface area (Å²) >= 11 is 0. The third kappa shape index (κ3) is 6.23. The van der Waals surface area contributed by atoms with E-state index in [4.69, 9.17) is 23.7 Å². The average molecular weight is 457 g/mol. The summed E-state index contributed by atoms with van der Waals surface area (Å²) in [6.07, 6.45) is -5.35. The van der Waals surface area contributed by atoms with Crippen LogP contribution in [0.4, 0.5) is 0 Å². The Morgan fingerprint density at radius 3 is 2.00 bits per heavy atom. The summed E-state index contributed by atoms with van der Waals surface area (Å²) in [6, 6.07) is 0. The van der Waals surface area contributed by atoms with Crippen molar-refractivity contribution in [2.45, 2.75) is 58.3 Å². The Morgan fingerprint density at radius 2 is 1.47 bits per heavy atom. The maximum Gasteiger partial charge on any atom is 0.360 e. The highest BCUT2D eigenvalue weighted by atomic mass is 16.7. The van der Waals surface area contributed by atoms with E-state index in [1.807, 2.05) is 0 Å². The summed E-state index contributed by atoms with van der Waals surface area (Å²) in [7, 11) is 1.15. The van der Waals surface area contributed by atoms with E-state index < -0.39 is 67.1 Å². The lowest BCUT2D eigenvalue weighted by molar-refractivity contribution is -0.270. The summed E-state index contributed by atoms with van der Waals surface area (Å²) in [5.74, 6) is -3.73. The van der Waals surface area contributed by atoms with Crippen molar-refractivity contribution in [2.75, 3.05) is 13.7 Å². The van der Waals surface area contributed by atoms with E-state index in [1.54, 1.807) is 0 Å². The fourth-order valence-corrected chi connectivity index (χ4v) is 3.02. The van der Waals surface area contributed by atoms with Gasteiger partial charge in [0.15, 0.2) is 30.2 Å². The second-order valence-electron chi connectivity index (χ2n) is 6.67. The molecule has 0 bridgehead atoms. The molecule has 0 unspecified atom stereocenters. The van der Waals surface area contributed by atoms with Gasteiger partial charge >= 0.3 is 29.8 Å². The predicted octanol–water partition coefficient (Wildman–Crippen LogP) is -0.680. The van der Waals surface area contributed by atoms with Crippen LogP contribution in [0.15, 0.2) is 6.20 Å². The number of hydrogen-bond donors (Lipinski definition) is 0. The van der Waals surface area contributed by atoms with E-state index in [-0.39, 0.29) is 5.69 Å². The minimum Gasteiger partial charge on any atom is -0.464 e. The summed E-state index contributed by atoms with van der Waals surface area (Å²) in [6.45, 7) is 4.08. The molecule has 0 aliphatic carbocycles. The molecule has 1 fully saturated rings. The molecule has 1 aromatic rings. The van der Waals surface area contributed by atoms with Crippen molar-refractivity contribution >= 4 is 29.8 Å². The zero-order valence-corrected chi connectivity index (χ0v) is 18.0. The number of carbonyl (C=O) groups is 5. The number of nitrogens with zero attached hydrogens (tertiary/aromatic N) is 3. The van der Waals surface area contributed by atoms with Crippen molar-refractivity contribution < 1.29 is 52.4 Å². The largest absolute Gasteiger partial charge is 0.464 e. The molecule has 5 atom stereocenters. The lowest BCUT2D eigenvalue weighted by Gasteiger charge is -2.44. The maximum absolute atomic E-state index is 11.8. The lowest BCUT2D eigenvalue weighted by Crippen LogP contribution is -2.60. The second kappa shape index (κ2) is 10.7. The molecule has 1 aromatic heterocycles. The first-order chi connectivity index (χ1) is 15.0. The van der Waals surface area contributed by atoms with Gasteiger partial charge in [-0.1, -0.05) is 5.21 Å². The monoisotopic (exact) mass is 457 g/mol. The van der Waals surface area contributed by atoms with Gasteiger partial charge in [0, 0.05) is 27.7 Å². The van der Waals surface area contributed by atoms with Crippen LogP contribution in [0.25, 0.3) is 0 Å². The number of hydrogen-bond acceptors (Lipinski definition) is 13. The summed E-state index contributed by atoms with van der Waals surface area (Å²) in [4.78, 5) is 58.4. The molecule has 0 radical (unpaired) electrons. The summed E-state index contributed by atoms with van der Waals surface area (Å²) < 4.78 is 32.4. The SMILES string of the molecule is COC(=O)c1cn([C@H]2O[C@H](COC(C)=O)[C@@H](OC(C)=O)[C@H](OC(C)=O)[C@H]2OC(C)=O)nn1. The van der Waals surface area contributed by atoms with Crippen LogP contribution in [0.3, 0.4) is 0 Å². The smallest absolute Gasteiger partial charge is 0.360 e. The van der Waals surface area contributed by atoms with Gasteiger partial charge in [-0.15, -0.1) is 5.10 Å². The fraction of sp³-hybridized carbons (Fsp3) is 0.611. The normalized spacial score (nSPS) is 24.7. The fourth-order valence-electron chi connectivity index (χ4n) is 3.02. The van der Waals surface area contributed by atoms with Gasteiger partial charge in [-0.05, 0) is 0 Å². The molecular weight excluding hydrogens is 434 g/mol. The first kappa shape index (κ1) is 24.7. The molecule has 0 N–H and O–H groups in total. The highest BCUT2D eigenvalue weighted by molar-refractivity contribution is 5.86. The second-order valence-corrected chi connectivity index (χ2v) is 6.67. The molecule has 1 aliphatic rings. The van der Waals surface area contributed by atoms with E-state index in [2.05, 4.69) is 15.0 Å². The quantitative estimate of drug-likeness (QED) is 0.373. The van der Waals surface area contributed by atoms with Crippen molar-refractivity contribution in [1.29, 1.82) is 0 Å². The van der Waals surface area contributed by atoms with Gasteiger partial charge in [0.05, 0.1) is 13.3 Å². The molecule has 2 heterocycles. The Kier molecular flexibility index (Phi) is 8.23. The number of rotatable bonds is 7. The Morgan fingerprint density at radius 1 is 0.906 bits per heavy atom. The summed E-state index contributed by atoms with van der Waals surface area (Å²) in [5, 5.41) is 7.46. The van der Waals surface area contributed by atoms with Crippen LogP contribution >= 0.6 is 0 Å². The minimum atomic E-state index is -1.37. The van der Waals surface area contributed by atoms with E-state index in [0.29, 0.717) is 0 Å². The van der Waals surface area contributed by atoms with Gasteiger partial charge < -0.3 is 28.4 Å². The van der Waals surface area contributed by atoms with Crippen LogP contribution in [0.5, 0.6) is 0 Å². The van der Waals surface area contributed by atoms with Crippen LogP contribution in [-0.2, 0) is 47.6 Å². The number of ether oxygens (including phenoxy) is 6. The third-order valence-electron chi connectivity index (χ3n) is 4.13. The van der Waals surface area contributed by atoms with Crippen LogP contribution in [-0.4, -0.2) is 83.0 Å². The molecule has 0 saturated carbocycles. The van der Waals surface area contributed by atoms with Crippen LogP contribution in [0.2, 0.25) is 0 Å². The Labute approximate surface area is 182 Å². The number of methoxy groups -OCH3 is 1. The van der Waals surface area contributed by atoms with E-state index >= 15 is 0 Å². The molecule has 14 heteroatoms. The molecule has 176 valence electrons. The first-order valence-corrected chi connectivity index (χ1v) is 9.34. The van der Waals surface area contributed by atoms with Crippen molar-refractivity contribution in [1.82, 2.24) is 15.0 Å². The van der Waals surface area contributed by atoms with Crippen LogP contribution in [0, 0.1) is 0 Å². The molecule has 0 aromatic carbocycles. The first-order valence-electron chi connectivity index (χ1n) is 9.34. The highest BCUT2D eigenvalue weighted by Crippen LogP contribution is 2.34. The molecule has 2 rings (SSSR count). The van der Waals surface area contributed by atoms with Gasteiger partial charge in [-0.2, -0.15) is 0 Å². The van der Waals surface area contributed by atoms with E-state index in [1.165, 1.54) is 0 Å². The zero-order chi connectivity index (χ0) is 24.0. The summed E-state index contributed by atoms with van der Waals surface area (Å²) in [5.41, 5.74) is -0.180. The molecule has 0 spiro atoms. The van der Waals surface area contributed by atoms with Crippen LogP contribution in [0.1, 0.15) is 44.4 Å². The van der Waals surface area contributed by atoms with Crippen molar-refractivity contribution in [3.05, 3.63) is 11.9 Å². The Bertz CT molecular complexity index is 883. The zero-order valence-electron chi connectivity index (χ0n) is 18.0. The predicted molar refractivity (Wildman–Crippen MR) is 98.6 cm³/mol. The van der Waals surface area contributed by atoms with Crippen molar-refractivity contribution in [3.8, 4) is 0 Å². The molecule has 32 heavy (non-hydrogen) atoms. The van der Waals surface area contributed by atoms with Gasteiger partial charge in [0.2, 0.25) is 0 Å². The maximum atomic E-state index is 11.8. The van der Waals surface area contributed by atoms with Crippen molar-refractivity contribution in [2.24, 2.45) is 0 Å². The number of carbonyl (C=O) groups excluding carboxylic acids is 5. The molecule has 1 aliphatic heterocycles. The number of esters is 5. The van der Waals surface area contributed by atoms with Gasteiger partial charge in [-0.25, -0.2) is 9.48 Å². The average Bonchev–Trinajstić information content (AvgIpc) is 3.17. The molecular formula is C18H23N3O11. The standard InChI is InChI=1S/C18H23N3O11/c1-8(22)28-7-13-14(29-9(2)23)15(30-10(3)24)16(31-11(4)25)17(32-13)21-6-12(19-20-21)18(26)27-5/h6,13-17H,7H2,1-5H3/t13-,14-,15+,16-,17+/m1/s1. The van der Waals surface area contributed by atoms with Crippen molar-refractivity contribution in [3.63, 3.8) is 0 Å². The van der Waals surface area contributed by atoms with Gasteiger partial charge in [0.25, 0.3) is 0 Å². The highest BCUT2D eigenvalue weighted by Gasteiger charge is 2.53. The molecule has 14 nitrogen and oxygen atoms in total. The number of aromatic nitrogens is 3. The molecule has 1 saturated heterocycles.